The zero-order chi connectivity index (χ0) is 21.6. The molecule has 31 heavy (non-hydrogen) atoms. The van der Waals surface area contributed by atoms with Gasteiger partial charge in [-0.05, 0) is 66.7 Å². The summed E-state index contributed by atoms with van der Waals surface area (Å²) in [5, 5.41) is 8.48. The molecule has 0 bridgehead atoms. The standard InChI is InChI=1S/C23H17Cl2N3O2S/c24-16-5-9-18(10-6-16)30-15-28-21(13-14-26-28)23(29)27-20-3-1-2-4-22(20)31-19-11-7-17(25)8-12-19/h1-14H,15H2,(H,27,29). The van der Waals surface area contributed by atoms with Crippen LogP contribution in [0.4, 0.5) is 5.69 Å². The third-order valence-corrected chi connectivity index (χ3v) is 5.88. The van der Waals surface area contributed by atoms with E-state index in [-0.39, 0.29) is 12.6 Å². The molecular weight excluding hydrogens is 453 g/mol. The Morgan fingerprint density at radius 3 is 2.35 bits per heavy atom. The third-order valence-electron chi connectivity index (χ3n) is 4.29. The van der Waals surface area contributed by atoms with Gasteiger partial charge >= 0.3 is 0 Å². The van der Waals surface area contributed by atoms with Crippen molar-refractivity contribution >= 4 is 46.6 Å². The number of para-hydroxylation sites is 1. The molecule has 8 heteroatoms. The lowest BCUT2D eigenvalue weighted by Gasteiger charge is -2.12. The quantitative estimate of drug-likeness (QED) is 0.329. The maximum absolute atomic E-state index is 12.9. The number of hydrogen-bond acceptors (Lipinski definition) is 4. The van der Waals surface area contributed by atoms with Crippen molar-refractivity contribution in [2.45, 2.75) is 16.5 Å². The van der Waals surface area contributed by atoms with Gasteiger partial charge in [0.2, 0.25) is 0 Å². The van der Waals surface area contributed by atoms with Crippen molar-refractivity contribution in [3.8, 4) is 5.75 Å². The van der Waals surface area contributed by atoms with Gasteiger partial charge in [0, 0.05) is 26.0 Å². The van der Waals surface area contributed by atoms with Crippen molar-refractivity contribution < 1.29 is 9.53 Å². The van der Waals surface area contributed by atoms with E-state index in [0.29, 0.717) is 27.2 Å². The normalized spacial score (nSPS) is 10.6. The molecule has 5 nitrogen and oxygen atoms in total. The van der Waals surface area contributed by atoms with Crippen molar-refractivity contribution in [1.29, 1.82) is 0 Å². The molecule has 0 aliphatic rings. The SMILES string of the molecule is O=C(Nc1ccccc1Sc1ccc(Cl)cc1)c1ccnn1COc1ccc(Cl)cc1. The number of nitrogens with zero attached hydrogens (tertiary/aromatic N) is 2. The Kier molecular flexibility index (Phi) is 6.82. The maximum Gasteiger partial charge on any atom is 0.274 e. The van der Waals surface area contributed by atoms with Gasteiger partial charge < -0.3 is 10.1 Å². The first-order chi connectivity index (χ1) is 15.1. The number of rotatable bonds is 7. The first-order valence-electron chi connectivity index (χ1n) is 9.32. The average Bonchev–Trinajstić information content (AvgIpc) is 3.25. The fraction of sp³-hybridized carbons (Fsp3) is 0.0435. The van der Waals surface area contributed by atoms with Crippen LogP contribution in [-0.4, -0.2) is 15.7 Å². The van der Waals surface area contributed by atoms with Crippen molar-refractivity contribution in [3.05, 3.63) is 101 Å². The molecular formula is C23H17Cl2N3O2S. The molecule has 1 aromatic heterocycles. The van der Waals surface area contributed by atoms with E-state index in [9.17, 15) is 4.79 Å². The molecule has 0 aliphatic heterocycles. The summed E-state index contributed by atoms with van der Waals surface area (Å²) in [6, 6.07) is 23.8. The van der Waals surface area contributed by atoms with Crippen LogP contribution < -0.4 is 10.1 Å². The van der Waals surface area contributed by atoms with Crippen molar-refractivity contribution in [1.82, 2.24) is 9.78 Å². The van der Waals surface area contributed by atoms with Gasteiger partial charge in [-0.1, -0.05) is 47.1 Å². The number of carbonyl (C=O) groups excluding carboxylic acids is 1. The van der Waals surface area contributed by atoms with Crippen LogP contribution in [0.25, 0.3) is 0 Å². The van der Waals surface area contributed by atoms with Crippen LogP contribution in [-0.2, 0) is 6.73 Å². The highest BCUT2D eigenvalue weighted by Crippen LogP contribution is 2.34. The molecule has 4 aromatic rings. The van der Waals surface area contributed by atoms with Crippen LogP contribution in [0, 0.1) is 0 Å². The van der Waals surface area contributed by atoms with Gasteiger partial charge in [0.05, 0.1) is 5.69 Å². The molecule has 1 N–H and O–H groups in total. The van der Waals surface area contributed by atoms with E-state index >= 15 is 0 Å². The molecule has 1 amide bonds. The van der Waals surface area contributed by atoms with Crippen LogP contribution in [0.3, 0.4) is 0 Å². The smallest absolute Gasteiger partial charge is 0.274 e. The Morgan fingerprint density at radius 1 is 0.935 bits per heavy atom. The number of anilines is 1. The van der Waals surface area contributed by atoms with E-state index in [1.165, 1.54) is 4.68 Å². The average molecular weight is 470 g/mol. The van der Waals surface area contributed by atoms with E-state index in [1.54, 1.807) is 48.3 Å². The van der Waals surface area contributed by atoms with Crippen molar-refractivity contribution in [3.63, 3.8) is 0 Å². The molecule has 0 radical (unpaired) electrons. The highest BCUT2D eigenvalue weighted by Gasteiger charge is 2.15. The number of nitrogens with one attached hydrogen (secondary N) is 1. The minimum absolute atomic E-state index is 0.0958. The van der Waals surface area contributed by atoms with Crippen LogP contribution >= 0.6 is 35.0 Å². The van der Waals surface area contributed by atoms with Gasteiger partial charge in [0.1, 0.15) is 11.4 Å². The van der Waals surface area contributed by atoms with Gasteiger partial charge in [0.25, 0.3) is 5.91 Å². The number of halogens is 2. The van der Waals surface area contributed by atoms with Gasteiger partial charge in [-0.15, -0.1) is 0 Å². The second-order valence-corrected chi connectivity index (χ2v) is 8.44. The number of hydrogen-bond donors (Lipinski definition) is 1. The summed E-state index contributed by atoms with van der Waals surface area (Å²) in [4.78, 5) is 14.9. The molecule has 1 heterocycles. The van der Waals surface area contributed by atoms with Gasteiger partial charge in [-0.2, -0.15) is 5.10 Å². The highest BCUT2D eigenvalue weighted by molar-refractivity contribution is 7.99. The number of carbonyl (C=O) groups is 1. The van der Waals surface area contributed by atoms with E-state index in [1.807, 2.05) is 48.5 Å². The maximum atomic E-state index is 12.9. The van der Waals surface area contributed by atoms with Crippen molar-refractivity contribution in [2.75, 3.05) is 5.32 Å². The molecule has 3 aromatic carbocycles. The molecule has 156 valence electrons. The number of ether oxygens (including phenoxy) is 1. The van der Waals surface area contributed by atoms with Crippen LogP contribution in [0.15, 0.2) is 94.9 Å². The fourth-order valence-corrected chi connectivity index (χ4v) is 3.92. The van der Waals surface area contributed by atoms with E-state index in [0.717, 1.165) is 9.79 Å². The Bertz CT molecular complexity index is 1180. The lowest BCUT2D eigenvalue weighted by Crippen LogP contribution is -2.20. The zero-order valence-electron chi connectivity index (χ0n) is 16.2. The molecule has 0 unspecified atom stereocenters. The Balaban J connectivity index is 1.46. The first kappa shape index (κ1) is 21.3. The monoisotopic (exact) mass is 469 g/mol. The molecule has 0 saturated carbocycles. The zero-order valence-corrected chi connectivity index (χ0v) is 18.5. The molecule has 0 aliphatic carbocycles. The number of benzene rings is 3. The molecule has 4 rings (SSSR count). The van der Waals surface area contributed by atoms with Gasteiger partial charge in [0.15, 0.2) is 6.73 Å². The predicted octanol–water partition coefficient (Wildman–Crippen LogP) is 6.63. The number of aromatic nitrogens is 2. The summed E-state index contributed by atoms with van der Waals surface area (Å²) in [5.41, 5.74) is 1.10. The minimum Gasteiger partial charge on any atom is -0.471 e. The topological polar surface area (TPSA) is 56.2 Å². The second kappa shape index (κ2) is 9.92. The Hall–Kier alpha value is -2.93. The first-order valence-corrected chi connectivity index (χ1v) is 10.9. The van der Waals surface area contributed by atoms with Crippen LogP contribution in [0.2, 0.25) is 10.0 Å². The Morgan fingerprint density at radius 2 is 1.61 bits per heavy atom. The lowest BCUT2D eigenvalue weighted by atomic mass is 10.3. The van der Waals surface area contributed by atoms with Gasteiger partial charge in [-0.3, -0.25) is 4.79 Å². The van der Waals surface area contributed by atoms with E-state index < -0.39 is 0 Å². The van der Waals surface area contributed by atoms with Crippen LogP contribution in [0.1, 0.15) is 10.5 Å². The van der Waals surface area contributed by atoms with E-state index in [2.05, 4.69) is 10.4 Å². The fourth-order valence-electron chi connectivity index (χ4n) is 2.77. The largest absolute Gasteiger partial charge is 0.471 e. The van der Waals surface area contributed by atoms with Crippen molar-refractivity contribution in [2.24, 2.45) is 0 Å². The van der Waals surface area contributed by atoms with Gasteiger partial charge in [-0.25, -0.2) is 4.68 Å². The summed E-state index contributed by atoms with van der Waals surface area (Å²) in [6.45, 7) is 0.0958. The molecule has 0 spiro atoms. The minimum atomic E-state index is -0.277. The molecule has 0 fully saturated rings. The third kappa shape index (κ3) is 5.61. The summed E-state index contributed by atoms with van der Waals surface area (Å²) in [5.74, 6) is 0.359. The summed E-state index contributed by atoms with van der Waals surface area (Å²) >= 11 is 13.4. The molecule has 0 saturated heterocycles. The summed E-state index contributed by atoms with van der Waals surface area (Å²) in [7, 11) is 0. The van der Waals surface area contributed by atoms with Crippen LogP contribution in [0.5, 0.6) is 5.75 Å². The predicted molar refractivity (Wildman–Crippen MR) is 124 cm³/mol. The summed E-state index contributed by atoms with van der Waals surface area (Å²) in [6.07, 6.45) is 1.56. The number of amides is 1. The second-order valence-electron chi connectivity index (χ2n) is 6.45. The van der Waals surface area contributed by atoms with E-state index in [4.69, 9.17) is 27.9 Å². The Labute approximate surface area is 193 Å². The summed E-state index contributed by atoms with van der Waals surface area (Å²) < 4.78 is 7.20. The lowest BCUT2D eigenvalue weighted by molar-refractivity contribution is 0.100. The highest BCUT2D eigenvalue weighted by atomic mass is 35.5. The molecule has 0 atom stereocenters.